The highest BCUT2D eigenvalue weighted by Crippen LogP contribution is 2.12. The Bertz CT molecular complexity index is 836. The topological polar surface area (TPSA) is 87.7 Å². The number of halogens is 1. The predicted octanol–water partition coefficient (Wildman–Crippen LogP) is 2.39. The number of benzene rings is 2. The number of amides is 2. The predicted molar refractivity (Wildman–Crippen MR) is 112 cm³/mol. The van der Waals surface area contributed by atoms with E-state index in [0.717, 1.165) is 11.3 Å². The van der Waals surface area contributed by atoms with Gasteiger partial charge in [0.25, 0.3) is 11.8 Å². The first kappa shape index (κ1) is 22.2. The zero-order valence-electron chi connectivity index (χ0n) is 16.4. The maximum atomic E-state index is 11.9. The summed E-state index contributed by atoms with van der Waals surface area (Å²) in [6.07, 6.45) is -0.0292. The number of nitrogens with one attached hydrogen (secondary N) is 2. The third-order valence-electron chi connectivity index (χ3n) is 4.03. The fraction of sp³-hybridized carbons (Fsp3) is 0.286. The Morgan fingerprint density at radius 2 is 1.62 bits per heavy atom. The molecule has 7 nitrogen and oxygen atoms in total. The second-order valence-corrected chi connectivity index (χ2v) is 6.95. The van der Waals surface area contributed by atoms with E-state index in [-0.39, 0.29) is 31.4 Å². The van der Waals surface area contributed by atoms with Gasteiger partial charge in [-0.05, 0) is 42.0 Å². The number of hydrogen-bond donors (Lipinski definition) is 2. The maximum Gasteiger partial charge on any atom is 0.308 e. The molecule has 0 bridgehead atoms. The van der Waals surface area contributed by atoms with Crippen molar-refractivity contribution in [2.75, 3.05) is 32.1 Å². The van der Waals surface area contributed by atoms with E-state index in [0.29, 0.717) is 17.1 Å². The zero-order valence-corrected chi connectivity index (χ0v) is 17.2. The van der Waals surface area contributed by atoms with Gasteiger partial charge in [0.2, 0.25) is 0 Å². The molecule has 2 rings (SSSR count). The Balaban J connectivity index is 1.62. The van der Waals surface area contributed by atoms with Gasteiger partial charge in [0.05, 0.1) is 6.42 Å². The SMILES string of the molecule is CN(C)c1ccc(CNC(=O)COC(=O)CCNC(=O)c2ccc(Cl)cc2)cc1. The molecule has 0 heterocycles. The first-order valence-electron chi connectivity index (χ1n) is 9.07. The molecule has 0 spiro atoms. The van der Waals surface area contributed by atoms with E-state index >= 15 is 0 Å². The van der Waals surface area contributed by atoms with Crippen molar-refractivity contribution in [3.05, 3.63) is 64.7 Å². The third-order valence-corrected chi connectivity index (χ3v) is 4.28. The molecule has 0 saturated carbocycles. The minimum absolute atomic E-state index is 0.0292. The molecule has 0 saturated heterocycles. The number of ether oxygens (including phenoxy) is 1. The van der Waals surface area contributed by atoms with Gasteiger partial charge < -0.3 is 20.3 Å². The molecule has 0 aliphatic rings. The Labute approximate surface area is 175 Å². The maximum absolute atomic E-state index is 11.9. The monoisotopic (exact) mass is 417 g/mol. The summed E-state index contributed by atoms with van der Waals surface area (Å²) in [6, 6.07) is 14.2. The normalized spacial score (nSPS) is 10.2. The number of esters is 1. The molecule has 2 amide bonds. The Kier molecular flexibility index (Phi) is 8.48. The molecule has 0 aromatic heterocycles. The van der Waals surface area contributed by atoms with E-state index in [1.54, 1.807) is 24.3 Å². The van der Waals surface area contributed by atoms with Gasteiger partial charge in [-0.2, -0.15) is 0 Å². The molecule has 0 fully saturated rings. The summed E-state index contributed by atoms with van der Waals surface area (Å²) in [5, 5.41) is 5.84. The van der Waals surface area contributed by atoms with E-state index < -0.39 is 5.97 Å². The van der Waals surface area contributed by atoms with Crippen LogP contribution in [0.3, 0.4) is 0 Å². The summed E-state index contributed by atoms with van der Waals surface area (Å²) < 4.78 is 4.92. The number of carbonyl (C=O) groups excluding carboxylic acids is 3. The van der Waals surface area contributed by atoms with Gasteiger partial charge in [0.15, 0.2) is 6.61 Å². The molecule has 0 aliphatic heterocycles. The van der Waals surface area contributed by atoms with Crippen LogP contribution in [0.1, 0.15) is 22.3 Å². The highest BCUT2D eigenvalue weighted by molar-refractivity contribution is 6.30. The first-order chi connectivity index (χ1) is 13.8. The molecular formula is C21H24ClN3O4. The average Bonchev–Trinajstić information content (AvgIpc) is 2.71. The van der Waals surface area contributed by atoms with E-state index in [9.17, 15) is 14.4 Å². The van der Waals surface area contributed by atoms with Crippen LogP contribution in [0.5, 0.6) is 0 Å². The average molecular weight is 418 g/mol. The van der Waals surface area contributed by atoms with E-state index in [1.165, 1.54) is 0 Å². The van der Waals surface area contributed by atoms with Crippen LogP contribution in [0.15, 0.2) is 48.5 Å². The van der Waals surface area contributed by atoms with Crippen LogP contribution in [0.4, 0.5) is 5.69 Å². The molecule has 0 atom stereocenters. The Hall–Kier alpha value is -3.06. The highest BCUT2D eigenvalue weighted by atomic mass is 35.5. The van der Waals surface area contributed by atoms with Crippen molar-refractivity contribution in [1.82, 2.24) is 10.6 Å². The molecule has 2 N–H and O–H groups in total. The van der Waals surface area contributed by atoms with Gasteiger partial charge in [-0.15, -0.1) is 0 Å². The van der Waals surface area contributed by atoms with Gasteiger partial charge in [0, 0.05) is 43.5 Å². The number of anilines is 1. The first-order valence-corrected chi connectivity index (χ1v) is 9.45. The van der Waals surface area contributed by atoms with Crippen LogP contribution in [0, 0.1) is 0 Å². The fourth-order valence-electron chi connectivity index (χ4n) is 2.36. The molecule has 0 aliphatic carbocycles. The molecule has 154 valence electrons. The molecule has 2 aromatic carbocycles. The Morgan fingerprint density at radius 3 is 2.24 bits per heavy atom. The van der Waals surface area contributed by atoms with Gasteiger partial charge in [-0.3, -0.25) is 14.4 Å². The van der Waals surface area contributed by atoms with Crippen LogP contribution < -0.4 is 15.5 Å². The third kappa shape index (κ3) is 7.83. The standard InChI is InChI=1S/C21H24ClN3O4/c1-25(2)18-9-3-15(4-10-18)13-24-19(26)14-29-20(27)11-12-23-21(28)16-5-7-17(22)8-6-16/h3-10H,11-14H2,1-2H3,(H,23,28)(H,24,26). The summed E-state index contributed by atoms with van der Waals surface area (Å²) in [5.74, 6) is -1.26. The van der Waals surface area contributed by atoms with Gasteiger partial charge in [0.1, 0.15) is 0 Å². The van der Waals surface area contributed by atoms with Crippen LogP contribution in [0.25, 0.3) is 0 Å². The van der Waals surface area contributed by atoms with Gasteiger partial charge in [-0.1, -0.05) is 23.7 Å². The van der Waals surface area contributed by atoms with Crippen LogP contribution in [-0.2, 0) is 20.9 Å². The molecule has 0 radical (unpaired) electrons. The minimum Gasteiger partial charge on any atom is -0.456 e. The Morgan fingerprint density at radius 1 is 0.966 bits per heavy atom. The second-order valence-electron chi connectivity index (χ2n) is 6.51. The van der Waals surface area contributed by atoms with Crippen molar-refractivity contribution in [3.8, 4) is 0 Å². The van der Waals surface area contributed by atoms with Crippen molar-refractivity contribution in [2.24, 2.45) is 0 Å². The lowest BCUT2D eigenvalue weighted by atomic mass is 10.2. The van der Waals surface area contributed by atoms with Gasteiger partial charge in [-0.25, -0.2) is 0 Å². The zero-order chi connectivity index (χ0) is 21.2. The number of carbonyl (C=O) groups is 3. The summed E-state index contributed by atoms with van der Waals surface area (Å²) >= 11 is 5.77. The van der Waals surface area contributed by atoms with Crippen molar-refractivity contribution in [1.29, 1.82) is 0 Å². The van der Waals surface area contributed by atoms with Crippen LogP contribution >= 0.6 is 11.6 Å². The van der Waals surface area contributed by atoms with Crippen molar-refractivity contribution < 1.29 is 19.1 Å². The van der Waals surface area contributed by atoms with E-state index in [1.807, 2.05) is 43.3 Å². The van der Waals surface area contributed by atoms with Crippen LogP contribution in [0.2, 0.25) is 5.02 Å². The highest BCUT2D eigenvalue weighted by Gasteiger charge is 2.10. The lowest BCUT2D eigenvalue weighted by molar-refractivity contribution is -0.148. The number of hydrogen-bond acceptors (Lipinski definition) is 5. The summed E-state index contributed by atoms with van der Waals surface area (Å²) in [4.78, 5) is 37.4. The van der Waals surface area contributed by atoms with Crippen molar-refractivity contribution in [3.63, 3.8) is 0 Å². The van der Waals surface area contributed by atoms with E-state index in [4.69, 9.17) is 16.3 Å². The summed E-state index contributed by atoms with van der Waals surface area (Å²) in [5.41, 5.74) is 2.46. The quantitative estimate of drug-likeness (QED) is 0.612. The largest absolute Gasteiger partial charge is 0.456 e. The molecule has 0 unspecified atom stereocenters. The lowest BCUT2D eigenvalue weighted by Gasteiger charge is -2.13. The molecule has 29 heavy (non-hydrogen) atoms. The lowest BCUT2D eigenvalue weighted by Crippen LogP contribution is -2.30. The molecule has 2 aromatic rings. The van der Waals surface area contributed by atoms with Crippen molar-refractivity contribution in [2.45, 2.75) is 13.0 Å². The fourth-order valence-corrected chi connectivity index (χ4v) is 2.49. The summed E-state index contributed by atoms with van der Waals surface area (Å²) in [6.45, 7) is 0.0983. The van der Waals surface area contributed by atoms with Crippen LogP contribution in [-0.4, -0.2) is 45.0 Å². The minimum atomic E-state index is -0.563. The number of nitrogens with zero attached hydrogens (tertiary/aromatic N) is 1. The second kappa shape index (κ2) is 11.1. The van der Waals surface area contributed by atoms with E-state index in [2.05, 4.69) is 10.6 Å². The van der Waals surface area contributed by atoms with Gasteiger partial charge >= 0.3 is 5.97 Å². The summed E-state index contributed by atoms with van der Waals surface area (Å²) in [7, 11) is 3.91. The van der Waals surface area contributed by atoms with Crippen molar-refractivity contribution >= 4 is 35.1 Å². The number of rotatable bonds is 9. The molecular weight excluding hydrogens is 394 g/mol. The molecule has 8 heteroatoms. The smallest absolute Gasteiger partial charge is 0.308 e.